The number of thiazole rings is 1. The van der Waals surface area contributed by atoms with Crippen molar-refractivity contribution >= 4 is 17.3 Å². The number of nitrogens with zero attached hydrogens (tertiary/aromatic N) is 2. The first-order valence-electron chi connectivity index (χ1n) is 4.05. The Labute approximate surface area is 98.1 Å². The molecule has 4 nitrogen and oxygen atoms in total. The topological polar surface area (TPSA) is 56.3 Å². The first-order chi connectivity index (χ1) is 6.16. The summed E-state index contributed by atoms with van der Waals surface area (Å²) in [6, 6.07) is 0. The van der Waals surface area contributed by atoms with E-state index < -0.39 is 5.97 Å². The minimum Gasteiger partial charge on any atom is -0.542 e. The van der Waals surface area contributed by atoms with Crippen LogP contribution in [0.25, 0.3) is 0 Å². The predicted molar refractivity (Wildman–Crippen MR) is 46.5 cm³/mol. The zero-order valence-electron chi connectivity index (χ0n) is 8.24. The summed E-state index contributed by atoms with van der Waals surface area (Å²) in [4.78, 5) is 17.8. The third kappa shape index (κ3) is 2.18. The normalized spacial score (nSPS) is 15.8. The van der Waals surface area contributed by atoms with Gasteiger partial charge in [0.05, 0.1) is 5.69 Å². The fourth-order valence-corrected chi connectivity index (χ4v) is 2.43. The number of fused-ring (bicyclic) bond motifs is 1. The maximum atomic E-state index is 10.5. The Bertz CT molecular complexity index is 353. The van der Waals surface area contributed by atoms with Gasteiger partial charge in [-0.1, -0.05) is 0 Å². The van der Waals surface area contributed by atoms with Gasteiger partial charge >= 0.3 is 18.9 Å². The SMILES string of the molecule is CN1CCc2nc(C(=O)[O-])sc2C1.[Li+]. The van der Waals surface area contributed by atoms with E-state index in [2.05, 4.69) is 9.88 Å². The van der Waals surface area contributed by atoms with Gasteiger partial charge in [0.25, 0.3) is 0 Å². The van der Waals surface area contributed by atoms with Crippen LogP contribution in [-0.2, 0) is 13.0 Å². The second-order valence-corrected chi connectivity index (χ2v) is 4.25. The third-order valence-corrected chi connectivity index (χ3v) is 3.16. The molecule has 1 aromatic heterocycles. The number of hydrogen-bond donors (Lipinski definition) is 0. The molecule has 2 heterocycles. The van der Waals surface area contributed by atoms with Gasteiger partial charge in [-0.15, -0.1) is 11.3 Å². The van der Waals surface area contributed by atoms with Crippen molar-refractivity contribution in [2.75, 3.05) is 13.6 Å². The molecule has 0 saturated carbocycles. The summed E-state index contributed by atoms with van der Waals surface area (Å²) in [5.74, 6) is -1.16. The van der Waals surface area contributed by atoms with E-state index in [0.717, 1.165) is 30.1 Å². The van der Waals surface area contributed by atoms with Crippen molar-refractivity contribution in [1.29, 1.82) is 0 Å². The fraction of sp³-hybridized carbons (Fsp3) is 0.500. The number of aromatic nitrogens is 1. The molecule has 70 valence electrons. The molecule has 0 aromatic carbocycles. The number of carbonyl (C=O) groups is 1. The largest absolute Gasteiger partial charge is 1.00 e. The summed E-state index contributed by atoms with van der Waals surface area (Å²) in [7, 11) is 2.02. The Hall–Kier alpha value is -0.343. The number of hydrogen-bond acceptors (Lipinski definition) is 5. The van der Waals surface area contributed by atoms with Crippen LogP contribution in [0.3, 0.4) is 0 Å². The molecule has 0 spiro atoms. The number of carboxylic acids is 1. The smallest absolute Gasteiger partial charge is 0.542 e. The molecule has 0 radical (unpaired) electrons. The van der Waals surface area contributed by atoms with Gasteiger partial charge in [0.2, 0.25) is 0 Å². The van der Waals surface area contributed by atoms with Gasteiger partial charge in [0.15, 0.2) is 0 Å². The van der Waals surface area contributed by atoms with E-state index in [9.17, 15) is 9.90 Å². The van der Waals surface area contributed by atoms with Gasteiger partial charge in [-0.25, -0.2) is 4.98 Å². The Morgan fingerprint density at radius 3 is 3.00 bits per heavy atom. The summed E-state index contributed by atoms with van der Waals surface area (Å²) in [6.45, 7) is 1.75. The second kappa shape index (κ2) is 4.45. The first kappa shape index (κ1) is 11.7. The van der Waals surface area contributed by atoms with Gasteiger partial charge in [-0.3, -0.25) is 0 Å². The maximum Gasteiger partial charge on any atom is 1.00 e. The van der Waals surface area contributed by atoms with Crippen molar-refractivity contribution < 1.29 is 28.8 Å². The first-order valence-corrected chi connectivity index (χ1v) is 4.87. The fourth-order valence-electron chi connectivity index (χ4n) is 1.41. The van der Waals surface area contributed by atoms with Gasteiger partial charge < -0.3 is 14.8 Å². The van der Waals surface area contributed by atoms with Gasteiger partial charge in [-0.2, -0.15) is 0 Å². The van der Waals surface area contributed by atoms with Crippen LogP contribution in [0, 0.1) is 0 Å². The van der Waals surface area contributed by atoms with Gasteiger partial charge in [0, 0.05) is 24.4 Å². The van der Waals surface area contributed by atoms with Crippen molar-refractivity contribution in [3.63, 3.8) is 0 Å². The van der Waals surface area contributed by atoms with Gasteiger partial charge in [0.1, 0.15) is 11.0 Å². The molecule has 1 aromatic rings. The average Bonchev–Trinajstić information content (AvgIpc) is 2.46. The van der Waals surface area contributed by atoms with Crippen molar-refractivity contribution in [1.82, 2.24) is 9.88 Å². The monoisotopic (exact) mass is 204 g/mol. The Kier molecular flexibility index (Phi) is 3.73. The number of likely N-dealkylation sites (N-methyl/N-ethyl adjacent to an activating group) is 1. The molecule has 0 atom stereocenters. The van der Waals surface area contributed by atoms with Crippen molar-refractivity contribution in [2.45, 2.75) is 13.0 Å². The second-order valence-electron chi connectivity index (χ2n) is 3.16. The molecule has 0 aliphatic carbocycles. The zero-order chi connectivity index (χ0) is 9.42. The van der Waals surface area contributed by atoms with Crippen LogP contribution in [0.2, 0.25) is 0 Å². The van der Waals surface area contributed by atoms with E-state index >= 15 is 0 Å². The molecule has 1 aliphatic heterocycles. The minimum absolute atomic E-state index is 0. The third-order valence-electron chi connectivity index (χ3n) is 2.10. The maximum absolute atomic E-state index is 10.5. The molecule has 0 bridgehead atoms. The number of carboxylic acid groups (broad SMARTS) is 1. The van der Waals surface area contributed by atoms with Crippen LogP contribution in [-0.4, -0.2) is 29.4 Å². The van der Waals surface area contributed by atoms with Crippen molar-refractivity contribution in [2.24, 2.45) is 0 Å². The van der Waals surface area contributed by atoms with Crippen molar-refractivity contribution in [3.8, 4) is 0 Å². The van der Waals surface area contributed by atoms with Crippen molar-refractivity contribution in [3.05, 3.63) is 15.6 Å². The summed E-state index contributed by atoms with van der Waals surface area (Å²) in [5.41, 5.74) is 0.933. The van der Waals surface area contributed by atoms with E-state index in [-0.39, 0.29) is 23.9 Å². The average molecular weight is 204 g/mol. The Morgan fingerprint density at radius 2 is 2.36 bits per heavy atom. The summed E-state index contributed by atoms with van der Waals surface area (Å²) in [5, 5.41) is 10.6. The Balaban J connectivity index is 0.000000980. The van der Waals surface area contributed by atoms with E-state index in [1.54, 1.807) is 0 Å². The molecule has 6 heteroatoms. The summed E-state index contributed by atoms with van der Waals surface area (Å²) >= 11 is 1.23. The Morgan fingerprint density at radius 1 is 1.64 bits per heavy atom. The van der Waals surface area contributed by atoms with Gasteiger partial charge in [-0.05, 0) is 7.05 Å². The number of rotatable bonds is 1. The number of aromatic carboxylic acids is 1. The molecule has 14 heavy (non-hydrogen) atoms. The molecule has 1 aliphatic rings. The molecular weight excluding hydrogens is 195 g/mol. The molecule has 2 rings (SSSR count). The van der Waals surface area contributed by atoms with E-state index in [1.807, 2.05) is 7.05 Å². The van der Waals surface area contributed by atoms with E-state index in [4.69, 9.17) is 0 Å². The molecule has 0 unspecified atom stereocenters. The van der Waals surface area contributed by atoms with Crippen LogP contribution in [0.4, 0.5) is 0 Å². The quantitative estimate of drug-likeness (QED) is 0.445. The molecule has 0 N–H and O–H groups in total. The number of carbonyl (C=O) groups excluding carboxylic acids is 1. The van der Waals surface area contributed by atoms with Crippen LogP contribution < -0.4 is 24.0 Å². The van der Waals surface area contributed by atoms with Crippen LogP contribution in [0.1, 0.15) is 20.4 Å². The summed E-state index contributed by atoms with van der Waals surface area (Å²) < 4.78 is 0. The minimum atomic E-state index is -1.16. The van der Waals surface area contributed by atoms with Crippen LogP contribution in [0.15, 0.2) is 0 Å². The zero-order valence-corrected chi connectivity index (χ0v) is 9.06. The molecule has 0 saturated heterocycles. The van der Waals surface area contributed by atoms with E-state index in [0.29, 0.717) is 0 Å². The molecule has 0 amide bonds. The van der Waals surface area contributed by atoms with E-state index in [1.165, 1.54) is 11.3 Å². The standard InChI is InChI=1S/C8H10N2O2S.Li/c1-10-3-2-5-6(4-10)13-7(9-5)8(11)12;/h2-4H2,1H3,(H,11,12);/q;+1/p-1. The van der Waals surface area contributed by atoms with Crippen LogP contribution in [0.5, 0.6) is 0 Å². The molecular formula is C8H9LiN2O2S. The van der Waals surface area contributed by atoms with Crippen LogP contribution >= 0.6 is 11.3 Å². The predicted octanol–water partition coefficient (Wildman–Crippen LogP) is -3.50. The molecule has 0 fully saturated rings. The summed E-state index contributed by atoms with van der Waals surface area (Å²) in [6.07, 6.45) is 0.843.